The number of carbonyl (C=O) groups is 1. The second-order valence-electron chi connectivity index (χ2n) is 4.48. The van der Waals surface area contributed by atoms with E-state index < -0.39 is 9.84 Å². The lowest BCUT2D eigenvalue weighted by Crippen LogP contribution is -2.43. The zero-order valence-electron chi connectivity index (χ0n) is 9.80. The largest absolute Gasteiger partial charge is 0.348 e. The number of benzene rings is 1. The molecule has 1 fully saturated rings. The van der Waals surface area contributed by atoms with Crippen LogP contribution < -0.4 is 5.32 Å². The number of carbonyl (C=O) groups excluding carboxylic acids is 1. The van der Waals surface area contributed by atoms with Gasteiger partial charge in [0.15, 0.2) is 9.84 Å². The van der Waals surface area contributed by atoms with Crippen molar-refractivity contribution >= 4 is 28.4 Å². The maximum atomic E-state index is 11.9. The number of thiol groups is 1. The van der Waals surface area contributed by atoms with E-state index in [4.69, 9.17) is 0 Å². The maximum absolute atomic E-state index is 11.9. The van der Waals surface area contributed by atoms with Gasteiger partial charge in [0.2, 0.25) is 0 Å². The van der Waals surface area contributed by atoms with Crippen LogP contribution in [0.2, 0.25) is 0 Å². The Morgan fingerprint density at radius 1 is 1.39 bits per heavy atom. The Morgan fingerprint density at radius 3 is 2.83 bits per heavy atom. The van der Waals surface area contributed by atoms with Crippen molar-refractivity contribution in [2.75, 3.05) is 11.5 Å². The average Bonchev–Trinajstić information content (AvgIpc) is 2.27. The van der Waals surface area contributed by atoms with Gasteiger partial charge in [0.05, 0.1) is 11.5 Å². The van der Waals surface area contributed by atoms with Crippen molar-refractivity contribution in [1.29, 1.82) is 0 Å². The van der Waals surface area contributed by atoms with Crippen LogP contribution in [-0.2, 0) is 9.84 Å². The summed E-state index contributed by atoms with van der Waals surface area (Å²) < 4.78 is 22.9. The van der Waals surface area contributed by atoms with E-state index in [1.54, 1.807) is 24.3 Å². The molecule has 0 aromatic heterocycles. The highest BCUT2D eigenvalue weighted by Crippen LogP contribution is 2.14. The molecule has 98 valence electrons. The average molecular weight is 285 g/mol. The predicted molar refractivity (Wildman–Crippen MR) is 72.8 cm³/mol. The van der Waals surface area contributed by atoms with E-state index in [0.717, 1.165) is 0 Å². The first-order valence-electron chi connectivity index (χ1n) is 5.76. The Hall–Kier alpha value is -1.01. The van der Waals surface area contributed by atoms with Gasteiger partial charge in [0.25, 0.3) is 5.91 Å². The molecule has 1 atom stereocenters. The van der Waals surface area contributed by atoms with E-state index in [1.807, 2.05) is 0 Å². The summed E-state index contributed by atoms with van der Waals surface area (Å²) in [4.78, 5) is 12.6. The molecule has 0 saturated carbocycles. The van der Waals surface area contributed by atoms with E-state index in [-0.39, 0.29) is 23.5 Å². The van der Waals surface area contributed by atoms with Crippen LogP contribution in [-0.4, -0.2) is 31.9 Å². The number of nitrogens with one attached hydrogen (secondary N) is 1. The van der Waals surface area contributed by atoms with E-state index in [2.05, 4.69) is 17.9 Å². The fraction of sp³-hybridized carbons (Fsp3) is 0.417. The lowest BCUT2D eigenvalue weighted by molar-refractivity contribution is 0.0938. The highest BCUT2D eigenvalue weighted by molar-refractivity contribution is 7.91. The second kappa shape index (κ2) is 5.32. The number of sulfone groups is 1. The molecular weight excluding hydrogens is 270 g/mol. The lowest BCUT2D eigenvalue weighted by Gasteiger charge is -2.23. The summed E-state index contributed by atoms with van der Waals surface area (Å²) in [7, 11) is -3.00. The highest BCUT2D eigenvalue weighted by Gasteiger charge is 2.26. The van der Waals surface area contributed by atoms with Gasteiger partial charge >= 0.3 is 0 Å². The van der Waals surface area contributed by atoms with Crippen LogP contribution in [0.5, 0.6) is 0 Å². The van der Waals surface area contributed by atoms with Crippen molar-refractivity contribution in [1.82, 2.24) is 5.32 Å². The molecule has 1 aliphatic rings. The third-order valence-corrected chi connectivity index (χ3v) is 5.01. The van der Waals surface area contributed by atoms with Crippen LogP contribution in [0.1, 0.15) is 23.2 Å². The fourth-order valence-corrected chi connectivity index (χ4v) is 3.91. The van der Waals surface area contributed by atoms with Gasteiger partial charge in [-0.25, -0.2) is 8.42 Å². The number of hydrogen-bond acceptors (Lipinski definition) is 4. The van der Waals surface area contributed by atoms with Gasteiger partial charge in [0, 0.05) is 16.5 Å². The Bertz CT molecular complexity index is 554. The first-order chi connectivity index (χ1) is 8.46. The molecule has 1 amide bonds. The first kappa shape index (κ1) is 13.4. The van der Waals surface area contributed by atoms with Gasteiger partial charge in [-0.2, -0.15) is 0 Å². The molecular formula is C12H15NO3S2. The summed E-state index contributed by atoms with van der Waals surface area (Å²) in [5, 5.41) is 2.77. The Balaban J connectivity index is 2.03. The van der Waals surface area contributed by atoms with Gasteiger partial charge in [-0.3, -0.25) is 4.79 Å². The minimum absolute atomic E-state index is 0.0410. The fourth-order valence-electron chi connectivity index (χ4n) is 2.05. The van der Waals surface area contributed by atoms with Gasteiger partial charge in [-0.1, -0.05) is 6.07 Å². The summed E-state index contributed by atoms with van der Waals surface area (Å²) in [6.07, 6.45) is 1.32. The molecule has 0 bridgehead atoms. The molecule has 18 heavy (non-hydrogen) atoms. The predicted octanol–water partition coefficient (Wildman–Crippen LogP) is 1.28. The second-order valence-corrected chi connectivity index (χ2v) is 7.22. The van der Waals surface area contributed by atoms with Gasteiger partial charge in [-0.15, -0.1) is 12.6 Å². The molecule has 1 aromatic carbocycles. The van der Waals surface area contributed by atoms with Crippen LogP contribution >= 0.6 is 12.6 Å². The summed E-state index contributed by atoms with van der Waals surface area (Å²) in [6.45, 7) is 0. The number of hydrogen-bond donors (Lipinski definition) is 2. The van der Waals surface area contributed by atoms with E-state index >= 15 is 0 Å². The monoisotopic (exact) mass is 285 g/mol. The van der Waals surface area contributed by atoms with Crippen LogP contribution in [0.25, 0.3) is 0 Å². The molecule has 0 aliphatic carbocycles. The lowest BCUT2D eigenvalue weighted by atomic mass is 10.1. The highest BCUT2D eigenvalue weighted by atomic mass is 32.2. The third kappa shape index (κ3) is 3.49. The van der Waals surface area contributed by atoms with Gasteiger partial charge in [0.1, 0.15) is 0 Å². The number of rotatable bonds is 2. The van der Waals surface area contributed by atoms with Crippen LogP contribution in [0.15, 0.2) is 29.2 Å². The van der Waals surface area contributed by atoms with Crippen molar-refractivity contribution in [3.05, 3.63) is 29.8 Å². The SMILES string of the molecule is O=C(NC1CCCS(=O)(=O)C1)c1cccc(S)c1. The Labute approximate surface area is 112 Å². The zero-order chi connectivity index (χ0) is 13.2. The molecule has 1 saturated heterocycles. The summed E-state index contributed by atoms with van der Waals surface area (Å²) in [5.41, 5.74) is 0.505. The van der Waals surface area contributed by atoms with Gasteiger partial charge in [-0.05, 0) is 31.0 Å². The normalized spacial score (nSPS) is 22.4. The molecule has 0 radical (unpaired) electrons. The number of amides is 1. The molecule has 4 nitrogen and oxygen atoms in total. The molecule has 1 aliphatic heterocycles. The van der Waals surface area contributed by atoms with Crippen molar-refractivity contribution in [3.8, 4) is 0 Å². The molecule has 2 rings (SSSR count). The van der Waals surface area contributed by atoms with Crippen LogP contribution in [0.4, 0.5) is 0 Å². The molecule has 1 unspecified atom stereocenters. The van der Waals surface area contributed by atoms with Crippen molar-refractivity contribution in [2.24, 2.45) is 0 Å². The first-order valence-corrected chi connectivity index (χ1v) is 8.03. The van der Waals surface area contributed by atoms with Gasteiger partial charge < -0.3 is 5.32 Å². The minimum Gasteiger partial charge on any atom is -0.348 e. The quantitative estimate of drug-likeness (QED) is 0.805. The molecule has 1 heterocycles. The van der Waals surface area contributed by atoms with E-state index in [0.29, 0.717) is 23.3 Å². The third-order valence-electron chi connectivity index (χ3n) is 2.91. The molecule has 1 aromatic rings. The molecule has 1 N–H and O–H groups in total. The Kier molecular flexibility index (Phi) is 3.97. The zero-order valence-corrected chi connectivity index (χ0v) is 11.5. The van der Waals surface area contributed by atoms with E-state index in [1.165, 1.54) is 0 Å². The smallest absolute Gasteiger partial charge is 0.251 e. The van der Waals surface area contributed by atoms with Crippen molar-refractivity contribution < 1.29 is 13.2 Å². The Morgan fingerprint density at radius 2 is 2.17 bits per heavy atom. The van der Waals surface area contributed by atoms with Crippen LogP contribution in [0.3, 0.4) is 0 Å². The maximum Gasteiger partial charge on any atom is 0.251 e. The topological polar surface area (TPSA) is 63.2 Å². The molecule has 6 heteroatoms. The summed E-state index contributed by atoms with van der Waals surface area (Å²) in [5.74, 6) is 0.0261. The summed E-state index contributed by atoms with van der Waals surface area (Å²) >= 11 is 4.17. The van der Waals surface area contributed by atoms with Crippen LogP contribution in [0, 0.1) is 0 Å². The summed E-state index contributed by atoms with van der Waals surface area (Å²) in [6, 6.07) is 6.60. The van der Waals surface area contributed by atoms with Crippen molar-refractivity contribution in [2.45, 2.75) is 23.8 Å². The van der Waals surface area contributed by atoms with E-state index in [9.17, 15) is 13.2 Å². The molecule has 0 spiro atoms. The standard InChI is InChI=1S/C12H15NO3S2/c14-12(9-3-1-5-11(17)7-9)13-10-4-2-6-18(15,16)8-10/h1,3,5,7,10,17H,2,4,6,8H2,(H,13,14). The van der Waals surface area contributed by atoms with Crippen molar-refractivity contribution in [3.63, 3.8) is 0 Å². The minimum atomic E-state index is -3.00.